The van der Waals surface area contributed by atoms with Gasteiger partial charge in [-0.1, -0.05) is 18.2 Å². The zero-order chi connectivity index (χ0) is 17.1. The number of anilines is 1. The second-order valence-corrected chi connectivity index (χ2v) is 6.71. The lowest BCUT2D eigenvalue weighted by Gasteiger charge is -2.19. The molecular weight excluding hydrogens is 296 g/mol. The Balaban J connectivity index is 1.82. The molecule has 0 radical (unpaired) electrons. The first-order chi connectivity index (χ1) is 11.6. The molecule has 0 spiro atoms. The number of carbonyl (C=O) groups excluding carboxylic acids is 1. The van der Waals surface area contributed by atoms with E-state index in [1.165, 1.54) is 48.3 Å². The molecule has 24 heavy (non-hydrogen) atoms. The van der Waals surface area contributed by atoms with Crippen molar-refractivity contribution in [1.29, 1.82) is 0 Å². The summed E-state index contributed by atoms with van der Waals surface area (Å²) in [7, 11) is 1.68. The summed E-state index contributed by atoms with van der Waals surface area (Å²) in [5, 5.41) is 2.72. The fraction of sp³-hybridized carbons (Fsp3) is 0.381. The second kappa shape index (κ2) is 7.08. The van der Waals surface area contributed by atoms with Crippen molar-refractivity contribution < 1.29 is 4.79 Å². The molecule has 2 aromatic carbocycles. The van der Waals surface area contributed by atoms with Crippen molar-refractivity contribution in [1.82, 2.24) is 5.32 Å². The fourth-order valence-corrected chi connectivity index (χ4v) is 3.43. The fourth-order valence-electron chi connectivity index (χ4n) is 3.43. The number of amides is 1. The van der Waals surface area contributed by atoms with E-state index in [1.54, 1.807) is 7.05 Å². The van der Waals surface area contributed by atoms with Crippen molar-refractivity contribution >= 4 is 11.6 Å². The molecule has 1 heterocycles. The van der Waals surface area contributed by atoms with E-state index < -0.39 is 0 Å². The van der Waals surface area contributed by atoms with Crippen LogP contribution >= 0.6 is 0 Å². The summed E-state index contributed by atoms with van der Waals surface area (Å²) >= 11 is 0. The van der Waals surface area contributed by atoms with Crippen molar-refractivity contribution in [3.05, 3.63) is 64.2 Å². The molecule has 1 fully saturated rings. The maximum absolute atomic E-state index is 12.0. The Bertz CT molecular complexity index is 745. The van der Waals surface area contributed by atoms with Gasteiger partial charge in [-0.3, -0.25) is 4.79 Å². The minimum atomic E-state index is -0.0181. The third-order valence-corrected chi connectivity index (χ3v) is 4.97. The molecule has 1 amide bonds. The summed E-state index contributed by atoms with van der Waals surface area (Å²) in [5.41, 5.74) is 6.94. The first-order valence-electron chi connectivity index (χ1n) is 8.74. The van der Waals surface area contributed by atoms with Crippen LogP contribution in [0.25, 0.3) is 0 Å². The number of nitrogens with zero attached hydrogens (tertiary/aromatic N) is 1. The van der Waals surface area contributed by atoms with E-state index >= 15 is 0 Å². The van der Waals surface area contributed by atoms with Crippen LogP contribution in [0.2, 0.25) is 0 Å². The molecular formula is C21H26N2O. The number of hydrogen-bond donors (Lipinski definition) is 1. The maximum Gasteiger partial charge on any atom is 0.251 e. The van der Waals surface area contributed by atoms with Crippen molar-refractivity contribution in [2.24, 2.45) is 0 Å². The second-order valence-electron chi connectivity index (χ2n) is 6.71. The first kappa shape index (κ1) is 16.6. The quantitative estimate of drug-likeness (QED) is 0.927. The van der Waals surface area contributed by atoms with Gasteiger partial charge in [-0.05, 0) is 73.6 Å². The Hall–Kier alpha value is -2.29. The molecule has 1 saturated heterocycles. The smallest absolute Gasteiger partial charge is 0.251 e. The molecule has 126 valence electrons. The highest BCUT2D eigenvalue weighted by Gasteiger charge is 2.14. The molecule has 3 rings (SSSR count). The van der Waals surface area contributed by atoms with Crippen LogP contribution in [0, 0.1) is 13.8 Å². The third kappa shape index (κ3) is 3.45. The van der Waals surface area contributed by atoms with Gasteiger partial charge in [-0.25, -0.2) is 0 Å². The SMILES string of the molecule is CNC(=O)c1cc(Cc2ccc(N3CCCC3)cc2C)ccc1C. The minimum absolute atomic E-state index is 0.0181. The average Bonchev–Trinajstić information content (AvgIpc) is 3.12. The lowest BCUT2D eigenvalue weighted by atomic mass is 9.96. The molecule has 2 aromatic rings. The topological polar surface area (TPSA) is 32.3 Å². The van der Waals surface area contributed by atoms with Gasteiger partial charge in [0.2, 0.25) is 0 Å². The van der Waals surface area contributed by atoms with Crippen molar-refractivity contribution in [2.75, 3.05) is 25.0 Å². The molecule has 3 heteroatoms. The number of rotatable bonds is 4. The number of carbonyl (C=O) groups is 1. The predicted molar refractivity (Wildman–Crippen MR) is 100 cm³/mol. The van der Waals surface area contributed by atoms with Gasteiger partial charge in [0.15, 0.2) is 0 Å². The molecule has 0 atom stereocenters. The summed E-state index contributed by atoms with van der Waals surface area (Å²) in [6, 6.07) is 12.9. The predicted octanol–water partition coefficient (Wildman–Crippen LogP) is 3.85. The Morgan fingerprint density at radius 1 is 1.04 bits per heavy atom. The monoisotopic (exact) mass is 322 g/mol. The molecule has 0 saturated carbocycles. The van der Waals surface area contributed by atoms with Gasteiger partial charge < -0.3 is 10.2 Å². The van der Waals surface area contributed by atoms with Crippen LogP contribution in [0.15, 0.2) is 36.4 Å². The maximum atomic E-state index is 12.0. The van der Waals surface area contributed by atoms with Crippen molar-refractivity contribution in [3.63, 3.8) is 0 Å². The lowest BCUT2D eigenvalue weighted by Crippen LogP contribution is -2.19. The summed E-state index contributed by atoms with van der Waals surface area (Å²) in [6.45, 7) is 6.51. The van der Waals surface area contributed by atoms with Crippen LogP contribution in [-0.4, -0.2) is 26.0 Å². The van der Waals surface area contributed by atoms with E-state index in [-0.39, 0.29) is 5.91 Å². The van der Waals surface area contributed by atoms with Crippen LogP contribution in [0.4, 0.5) is 5.69 Å². The summed E-state index contributed by atoms with van der Waals surface area (Å²) in [5.74, 6) is -0.0181. The highest BCUT2D eigenvalue weighted by atomic mass is 16.1. The number of benzene rings is 2. The van der Waals surface area contributed by atoms with E-state index in [2.05, 4.69) is 41.4 Å². The largest absolute Gasteiger partial charge is 0.372 e. The van der Waals surface area contributed by atoms with Crippen molar-refractivity contribution in [2.45, 2.75) is 33.1 Å². The van der Waals surface area contributed by atoms with Crippen LogP contribution < -0.4 is 10.2 Å². The van der Waals surface area contributed by atoms with Crippen LogP contribution in [0.1, 0.15) is 45.5 Å². The Labute approximate surface area is 144 Å². The molecule has 0 bridgehead atoms. The zero-order valence-electron chi connectivity index (χ0n) is 14.9. The third-order valence-electron chi connectivity index (χ3n) is 4.97. The normalized spacial score (nSPS) is 14.0. The van der Waals surface area contributed by atoms with Crippen molar-refractivity contribution in [3.8, 4) is 0 Å². The van der Waals surface area contributed by atoms with Gasteiger partial charge in [-0.15, -0.1) is 0 Å². The highest BCUT2D eigenvalue weighted by Crippen LogP contribution is 2.25. The van der Waals surface area contributed by atoms with Crippen LogP contribution in [-0.2, 0) is 6.42 Å². The lowest BCUT2D eigenvalue weighted by molar-refractivity contribution is 0.0962. The van der Waals surface area contributed by atoms with E-state index in [0.717, 1.165) is 17.5 Å². The van der Waals surface area contributed by atoms with Gasteiger partial charge in [0.25, 0.3) is 5.91 Å². The van der Waals surface area contributed by atoms with Gasteiger partial charge >= 0.3 is 0 Å². The molecule has 3 nitrogen and oxygen atoms in total. The van der Waals surface area contributed by atoms with Gasteiger partial charge in [-0.2, -0.15) is 0 Å². The van der Waals surface area contributed by atoms with Gasteiger partial charge in [0, 0.05) is 31.4 Å². The van der Waals surface area contributed by atoms with E-state index in [9.17, 15) is 4.79 Å². The molecule has 1 N–H and O–H groups in total. The van der Waals surface area contributed by atoms with Crippen LogP contribution in [0.5, 0.6) is 0 Å². The van der Waals surface area contributed by atoms with Gasteiger partial charge in [0.1, 0.15) is 0 Å². The minimum Gasteiger partial charge on any atom is -0.372 e. The molecule has 0 aliphatic carbocycles. The Kier molecular flexibility index (Phi) is 4.89. The standard InChI is InChI=1S/C21H26N2O/c1-15-6-7-17(14-20(15)21(24)22-3)13-18-8-9-19(12-16(18)2)23-10-4-5-11-23/h6-9,12,14H,4-5,10-11,13H2,1-3H3,(H,22,24). The number of aryl methyl sites for hydroxylation is 2. The first-order valence-corrected chi connectivity index (χ1v) is 8.74. The molecule has 1 aliphatic heterocycles. The summed E-state index contributed by atoms with van der Waals surface area (Å²) in [6.07, 6.45) is 3.45. The molecule has 1 aliphatic rings. The zero-order valence-corrected chi connectivity index (χ0v) is 14.9. The summed E-state index contributed by atoms with van der Waals surface area (Å²) in [4.78, 5) is 14.4. The van der Waals surface area contributed by atoms with E-state index in [4.69, 9.17) is 0 Å². The number of nitrogens with one attached hydrogen (secondary N) is 1. The summed E-state index contributed by atoms with van der Waals surface area (Å²) < 4.78 is 0. The van der Waals surface area contributed by atoms with Crippen LogP contribution in [0.3, 0.4) is 0 Å². The van der Waals surface area contributed by atoms with Gasteiger partial charge in [0.05, 0.1) is 0 Å². The van der Waals surface area contributed by atoms with E-state index in [1.807, 2.05) is 19.1 Å². The van der Waals surface area contributed by atoms with E-state index in [0.29, 0.717) is 0 Å². The molecule has 0 unspecified atom stereocenters. The molecule has 0 aromatic heterocycles. The Morgan fingerprint density at radius 3 is 2.46 bits per heavy atom. The number of hydrogen-bond acceptors (Lipinski definition) is 2. The average molecular weight is 322 g/mol. The highest BCUT2D eigenvalue weighted by molar-refractivity contribution is 5.95. The Morgan fingerprint density at radius 2 is 1.79 bits per heavy atom.